The number of rotatable bonds is 4. The number of fused-ring (bicyclic) bond motifs is 1. The number of pyridine rings is 2. The Morgan fingerprint density at radius 1 is 0.848 bits per heavy atom. The molecular weight excluding hydrogens is 424 g/mol. The van der Waals surface area contributed by atoms with Crippen molar-refractivity contribution in [2.75, 3.05) is 0 Å². The van der Waals surface area contributed by atoms with Crippen LogP contribution in [0.25, 0.3) is 44.5 Å². The first kappa shape index (κ1) is 20.5. The van der Waals surface area contributed by atoms with Gasteiger partial charge in [0.25, 0.3) is 0 Å². The highest BCUT2D eigenvalue weighted by Gasteiger charge is 2.25. The fourth-order valence-electron chi connectivity index (χ4n) is 4.06. The van der Waals surface area contributed by atoms with Gasteiger partial charge in [-0.3, -0.25) is 4.98 Å². The van der Waals surface area contributed by atoms with Crippen LogP contribution in [0.2, 0.25) is 0 Å². The molecule has 0 amide bonds. The summed E-state index contributed by atoms with van der Waals surface area (Å²) in [6, 6.07) is 17.1. The molecule has 0 aliphatic heterocycles. The van der Waals surface area contributed by atoms with E-state index < -0.39 is 11.8 Å². The maximum Gasteiger partial charge on any atom is 0.353 e. The third-order valence-electron chi connectivity index (χ3n) is 5.62. The van der Waals surface area contributed by atoms with E-state index >= 15 is 0 Å². The zero-order valence-electron chi connectivity index (χ0n) is 17.5. The van der Waals surface area contributed by atoms with E-state index in [1.807, 2.05) is 18.2 Å². The van der Waals surface area contributed by atoms with Gasteiger partial charge in [0.2, 0.25) is 0 Å². The molecule has 1 N–H and O–H groups in total. The number of aryl methyl sites for hydroxylation is 1. The van der Waals surface area contributed by atoms with Crippen LogP contribution in [0.5, 0.6) is 0 Å². The third-order valence-corrected chi connectivity index (χ3v) is 5.62. The molecule has 0 aliphatic rings. The van der Waals surface area contributed by atoms with Crippen LogP contribution in [0.3, 0.4) is 0 Å². The van der Waals surface area contributed by atoms with Gasteiger partial charge >= 0.3 is 5.97 Å². The van der Waals surface area contributed by atoms with Crippen LogP contribution < -0.4 is 0 Å². The molecular formula is C26H17F2N3O2. The van der Waals surface area contributed by atoms with Gasteiger partial charge in [-0.1, -0.05) is 12.1 Å². The molecule has 0 bridgehead atoms. The number of carboxylic acid groups (broad SMARTS) is 1. The molecule has 0 radical (unpaired) electrons. The van der Waals surface area contributed by atoms with Crippen LogP contribution in [0.4, 0.5) is 8.78 Å². The number of benzene rings is 2. The van der Waals surface area contributed by atoms with Crippen molar-refractivity contribution in [1.29, 1.82) is 0 Å². The topological polar surface area (TPSA) is 68.0 Å². The predicted molar refractivity (Wildman–Crippen MR) is 122 cm³/mol. The van der Waals surface area contributed by atoms with Crippen LogP contribution in [0, 0.1) is 11.6 Å². The first-order valence-electron chi connectivity index (χ1n) is 10.1. The van der Waals surface area contributed by atoms with E-state index in [-0.39, 0.29) is 11.5 Å². The Balaban J connectivity index is 1.90. The van der Waals surface area contributed by atoms with E-state index in [9.17, 15) is 18.7 Å². The van der Waals surface area contributed by atoms with Crippen molar-refractivity contribution >= 4 is 17.0 Å². The second kappa shape index (κ2) is 7.94. The van der Waals surface area contributed by atoms with Gasteiger partial charge < -0.3 is 9.67 Å². The number of aromatic carboxylic acids is 1. The second-order valence-electron chi connectivity index (χ2n) is 7.59. The highest BCUT2D eigenvalue weighted by molar-refractivity contribution is 6.08. The first-order valence-corrected chi connectivity index (χ1v) is 10.1. The van der Waals surface area contributed by atoms with Crippen LogP contribution in [0.15, 0.2) is 79.1 Å². The van der Waals surface area contributed by atoms with E-state index in [0.29, 0.717) is 33.4 Å². The zero-order valence-corrected chi connectivity index (χ0v) is 17.5. The van der Waals surface area contributed by atoms with E-state index in [4.69, 9.17) is 4.98 Å². The molecule has 5 rings (SSSR count). The standard InChI is InChI=1S/C26H17F2N3O2/c1-31-21-14-20(15-10-12-29-13-11-15)23(17-4-8-19(28)9-5-17)30-24(21)22(25(31)26(32)33)16-2-6-18(27)7-3-16/h2-14H,1H3,(H,32,33). The first-order chi connectivity index (χ1) is 15.9. The summed E-state index contributed by atoms with van der Waals surface area (Å²) in [6.45, 7) is 0. The number of hydrogen-bond donors (Lipinski definition) is 1. The van der Waals surface area contributed by atoms with Crippen LogP contribution in [-0.2, 0) is 7.05 Å². The molecule has 0 saturated heterocycles. The molecule has 7 heteroatoms. The van der Waals surface area contributed by atoms with E-state index in [2.05, 4.69) is 4.98 Å². The van der Waals surface area contributed by atoms with E-state index in [1.54, 1.807) is 36.1 Å². The van der Waals surface area contributed by atoms with Gasteiger partial charge in [0, 0.05) is 36.1 Å². The monoisotopic (exact) mass is 441 g/mol. The summed E-state index contributed by atoms with van der Waals surface area (Å²) in [7, 11) is 1.66. The number of hydrogen-bond acceptors (Lipinski definition) is 3. The minimum atomic E-state index is -1.12. The summed E-state index contributed by atoms with van der Waals surface area (Å²) < 4.78 is 28.8. The molecule has 0 saturated carbocycles. The Bertz CT molecular complexity index is 1490. The van der Waals surface area contributed by atoms with Gasteiger partial charge in [-0.15, -0.1) is 0 Å². The SMILES string of the molecule is Cn1c(C(=O)O)c(-c2ccc(F)cc2)c2nc(-c3ccc(F)cc3)c(-c3ccncc3)cc21. The van der Waals surface area contributed by atoms with Crippen molar-refractivity contribution in [2.45, 2.75) is 0 Å². The molecule has 0 fully saturated rings. The number of nitrogens with zero attached hydrogens (tertiary/aromatic N) is 3. The van der Waals surface area contributed by atoms with Gasteiger partial charge in [-0.05, 0) is 65.7 Å². The zero-order chi connectivity index (χ0) is 23.1. The molecule has 5 aromatic rings. The van der Waals surface area contributed by atoms with E-state index in [0.717, 1.165) is 11.1 Å². The number of carboxylic acids is 1. The molecule has 33 heavy (non-hydrogen) atoms. The van der Waals surface area contributed by atoms with Gasteiger partial charge in [0.15, 0.2) is 0 Å². The van der Waals surface area contributed by atoms with Gasteiger partial charge in [-0.25, -0.2) is 18.6 Å². The Hall–Kier alpha value is -4.39. The van der Waals surface area contributed by atoms with Crippen molar-refractivity contribution in [1.82, 2.24) is 14.5 Å². The molecule has 0 aliphatic carbocycles. The molecule has 5 nitrogen and oxygen atoms in total. The van der Waals surface area contributed by atoms with Crippen molar-refractivity contribution in [3.63, 3.8) is 0 Å². The summed E-state index contributed by atoms with van der Waals surface area (Å²) in [5.74, 6) is -1.91. The lowest BCUT2D eigenvalue weighted by Gasteiger charge is -2.11. The quantitative estimate of drug-likeness (QED) is 0.374. The summed E-state index contributed by atoms with van der Waals surface area (Å²) in [5.41, 5.74) is 4.86. The molecule has 3 aromatic heterocycles. The van der Waals surface area contributed by atoms with Gasteiger partial charge in [0.1, 0.15) is 17.3 Å². The molecule has 2 aromatic carbocycles. The number of aromatic nitrogens is 3. The normalized spacial score (nSPS) is 11.1. The molecule has 0 atom stereocenters. The smallest absolute Gasteiger partial charge is 0.353 e. The molecule has 3 heterocycles. The molecule has 0 unspecified atom stereocenters. The number of carbonyl (C=O) groups is 1. The average molecular weight is 441 g/mol. The maximum absolute atomic E-state index is 13.6. The molecule has 162 valence electrons. The highest BCUT2D eigenvalue weighted by atomic mass is 19.1. The Labute approximate surface area is 187 Å². The minimum absolute atomic E-state index is 0.0426. The Kier molecular flexibility index (Phi) is 4.94. The van der Waals surface area contributed by atoms with Gasteiger partial charge in [0.05, 0.1) is 16.7 Å². The average Bonchev–Trinajstić information content (AvgIpc) is 3.11. The fraction of sp³-hybridized carbons (Fsp3) is 0.0385. The highest BCUT2D eigenvalue weighted by Crippen LogP contribution is 2.39. The third kappa shape index (κ3) is 3.53. The lowest BCUT2D eigenvalue weighted by Crippen LogP contribution is -2.05. The Morgan fingerprint density at radius 2 is 1.42 bits per heavy atom. The van der Waals surface area contributed by atoms with Crippen LogP contribution >= 0.6 is 0 Å². The second-order valence-corrected chi connectivity index (χ2v) is 7.59. The van der Waals surface area contributed by atoms with Crippen molar-refractivity contribution in [3.05, 3.63) is 96.5 Å². The lowest BCUT2D eigenvalue weighted by molar-refractivity contribution is 0.0688. The maximum atomic E-state index is 13.6. The largest absolute Gasteiger partial charge is 0.477 e. The summed E-state index contributed by atoms with van der Waals surface area (Å²) in [5, 5.41) is 9.99. The van der Waals surface area contributed by atoms with Gasteiger partial charge in [-0.2, -0.15) is 0 Å². The van der Waals surface area contributed by atoms with Crippen LogP contribution in [-0.4, -0.2) is 25.6 Å². The summed E-state index contributed by atoms with van der Waals surface area (Å²) in [4.78, 5) is 21.2. The number of halogens is 2. The molecule has 0 spiro atoms. The Morgan fingerprint density at radius 3 is 2.00 bits per heavy atom. The lowest BCUT2D eigenvalue weighted by atomic mass is 9.98. The predicted octanol–water partition coefficient (Wildman–Crippen LogP) is 5.95. The van der Waals surface area contributed by atoms with Crippen molar-refractivity contribution in [3.8, 4) is 33.5 Å². The fourth-order valence-corrected chi connectivity index (χ4v) is 4.06. The van der Waals surface area contributed by atoms with Crippen LogP contribution in [0.1, 0.15) is 10.5 Å². The summed E-state index contributed by atoms with van der Waals surface area (Å²) >= 11 is 0. The summed E-state index contributed by atoms with van der Waals surface area (Å²) in [6.07, 6.45) is 3.32. The van der Waals surface area contributed by atoms with Crippen molar-refractivity contribution < 1.29 is 18.7 Å². The van der Waals surface area contributed by atoms with Crippen molar-refractivity contribution in [2.24, 2.45) is 7.05 Å². The minimum Gasteiger partial charge on any atom is -0.477 e. The van der Waals surface area contributed by atoms with E-state index in [1.165, 1.54) is 36.4 Å².